The van der Waals surface area contributed by atoms with Crippen LogP contribution in [0.25, 0.3) is 0 Å². The van der Waals surface area contributed by atoms with Gasteiger partial charge in [0, 0.05) is 11.3 Å². The zero-order chi connectivity index (χ0) is 20.5. The van der Waals surface area contributed by atoms with Crippen molar-refractivity contribution >= 4 is 27.3 Å². The Balaban J connectivity index is 1.82. The first kappa shape index (κ1) is 19.4. The average Bonchev–Trinajstić information content (AvgIpc) is 3.45. The van der Waals surface area contributed by atoms with E-state index >= 15 is 0 Å². The number of benzene rings is 2. The van der Waals surface area contributed by atoms with E-state index in [9.17, 15) is 28.4 Å². The third-order valence-electron chi connectivity index (χ3n) is 4.25. The number of amides is 1. The smallest absolute Gasteiger partial charge is 0.262 e. The average molecular weight is 407 g/mol. The molecule has 11 heteroatoms. The Morgan fingerprint density at radius 3 is 2.61 bits per heavy atom. The topological polar surface area (TPSA) is 148 Å². The van der Waals surface area contributed by atoms with Crippen molar-refractivity contribution in [2.45, 2.75) is 17.4 Å². The summed E-state index contributed by atoms with van der Waals surface area (Å²) in [6.07, 6.45) is 0.104. The molecule has 2 aromatic rings. The van der Waals surface area contributed by atoms with E-state index in [0.717, 1.165) is 12.1 Å². The van der Waals surface area contributed by atoms with Crippen molar-refractivity contribution < 1.29 is 28.0 Å². The van der Waals surface area contributed by atoms with Crippen molar-refractivity contribution in [1.82, 2.24) is 0 Å². The van der Waals surface area contributed by atoms with E-state index in [1.54, 1.807) is 18.2 Å². The fourth-order valence-corrected chi connectivity index (χ4v) is 3.73. The first-order valence-electron chi connectivity index (χ1n) is 8.16. The SMILES string of the molecule is COc1ccccc1NS(=O)(=O)c1ccc(O)c(NC(=O)[C@H]2C[C@@H]2[N+](=O)[O-])c1. The summed E-state index contributed by atoms with van der Waals surface area (Å²) in [6.45, 7) is 0. The number of para-hydroxylation sites is 2. The molecule has 1 aliphatic carbocycles. The van der Waals surface area contributed by atoms with E-state index in [0.29, 0.717) is 5.75 Å². The minimum Gasteiger partial charge on any atom is -0.506 e. The fraction of sp³-hybridized carbons (Fsp3) is 0.235. The zero-order valence-electron chi connectivity index (χ0n) is 14.7. The lowest BCUT2D eigenvalue weighted by molar-refractivity contribution is -0.497. The minimum atomic E-state index is -4.05. The molecule has 0 radical (unpaired) electrons. The van der Waals surface area contributed by atoms with Gasteiger partial charge in [0.1, 0.15) is 17.4 Å². The number of nitrogens with zero attached hydrogens (tertiary/aromatic N) is 1. The molecule has 148 valence electrons. The van der Waals surface area contributed by atoms with Crippen LogP contribution in [0.1, 0.15) is 6.42 Å². The number of aromatic hydroxyl groups is 1. The van der Waals surface area contributed by atoms with Gasteiger partial charge >= 0.3 is 0 Å². The van der Waals surface area contributed by atoms with Crippen LogP contribution in [0.3, 0.4) is 0 Å². The highest BCUT2D eigenvalue weighted by Gasteiger charge is 2.53. The monoisotopic (exact) mass is 407 g/mol. The maximum atomic E-state index is 12.7. The summed E-state index contributed by atoms with van der Waals surface area (Å²) >= 11 is 0. The van der Waals surface area contributed by atoms with E-state index in [1.165, 1.54) is 19.2 Å². The van der Waals surface area contributed by atoms with Gasteiger partial charge in [-0.25, -0.2) is 8.42 Å². The van der Waals surface area contributed by atoms with Crippen LogP contribution in [0.2, 0.25) is 0 Å². The molecule has 0 bridgehead atoms. The van der Waals surface area contributed by atoms with E-state index in [1.807, 2.05) is 0 Å². The first-order valence-corrected chi connectivity index (χ1v) is 9.64. The Kier molecular flexibility index (Phi) is 5.10. The molecule has 0 aromatic heterocycles. The molecule has 0 spiro atoms. The van der Waals surface area contributed by atoms with Gasteiger partial charge in [-0.2, -0.15) is 0 Å². The van der Waals surface area contributed by atoms with Gasteiger partial charge < -0.3 is 15.2 Å². The second-order valence-electron chi connectivity index (χ2n) is 6.17. The Hall–Kier alpha value is -3.34. The zero-order valence-corrected chi connectivity index (χ0v) is 15.5. The predicted molar refractivity (Wildman–Crippen MR) is 99.4 cm³/mol. The molecule has 3 rings (SSSR count). The van der Waals surface area contributed by atoms with Gasteiger partial charge in [0.05, 0.1) is 23.4 Å². The lowest BCUT2D eigenvalue weighted by atomic mass is 10.2. The highest BCUT2D eigenvalue weighted by atomic mass is 32.2. The number of hydrogen-bond acceptors (Lipinski definition) is 7. The van der Waals surface area contributed by atoms with Gasteiger partial charge in [0.15, 0.2) is 0 Å². The summed E-state index contributed by atoms with van der Waals surface area (Å²) in [7, 11) is -2.65. The van der Waals surface area contributed by atoms with Crippen molar-refractivity contribution in [3.8, 4) is 11.5 Å². The third-order valence-corrected chi connectivity index (χ3v) is 5.61. The van der Waals surface area contributed by atoms with Gasteiger partial charge in [0.2, 0.25) is 11.9 Å². The lowest BCUT2D eigenvalue weighted by Crippen LogP contribution is -2.19. The van der Waals surface area contributed by atoms with E-state index in [-0.39, 0.29) is 28.4 Å². The third kappa shape index (κ3) is 3.98. The quantitative estimate of drug-likeness (QED) is 0.360. The molecule has 1 amide bonds. The number of nitrogens with one attached hydrogen (secondary N) is 2. The molecule has 2 aromatic carbocycles. The van der Waals surface area contributed by atoms with Crippen LogP contribution in [-0.2, 0) is 14.8 Å². The van der Waals surface area contributed by atoms with Gasteiger partial charge in [-0.15, -0.1) is 0 Å². The van der Waals surface area contributed by atoms with E-state index in [2.05, 4.69) is 10.0 Å². The number of phenolic OH excluding ortho intramolecular Hbond substituents is 1. The molecule has 1 aliphatic rings. The molecule has 0 heterocycles. The number of sulfonamides is 1. The Bertz CT molecular complexity index is 1040. The number of phenols is 1. The van der Waals surface area contributed by atoms with Crippen LogP contribution in [0.4, 0.5) is 11.4 Å². The molecule has 0 saturated heterocycles. The summed E-state index contributed by atoms with van der Waals surface area (Å²) in [5.74, 6) is -1.49. The number of carbonyl (C=O) groups is 1. The second kappa shape index (κ2) is 7.35. The summed E-state index contributed by atoms with van der Waals surface area (Å²) in [6, 6.07) is 8.82. The highest BCUT2D eigenvalue weighted by molar-refractivity contribution is 7.92. The van der Waals surface area contributed by atoms with Gasteiger partial charge in [0.25, 0.3) is 10.0 Å². The number of rotatable bonds is 7. The molecule has 1 fully saturated rings. The maximum absolute atomic E-state index is 12.7. The molecule has 1 saturated carbocycles. The van der Waals surface area contributed by atoms with Crippen molar-refractivity contribution in [3.05, 3.63) is 52.6 Å². The van der Waals surface area contributed by atoms with Crippen molar-refractivity contribution in [2.75, 3.05) is 17.1 Å². The number of anilines is 2. The van der Waals surface area contributed by atoms with Crippen LogP contribution in [0.5, 0.6) is 11.5 Å². The fourth-order valence-electron chi connectivity index (χ4n) is 2.64. The van der Waals surface area contributed by atoms with Gasteiger partial charge in [-0.3, -0.25) is 19.6 Å². The maximum Gasteiger partial charge on any atom is 0.262 e. The van der Waals surface area contributed by atoms with E-state index < -0.39 is 32.8 Å². The number of ether oxygens (including phenoxy) is 1. The molecule has 0 unspecified atom stereocenters. The summed E-state index contributed by atoms with van der Waals surface area (Å²) in [5, 5.41) is 22.9. The predicted octanol–water partition coefficient (Wildman–Crippen LogP) is 1.81. The molecule has 2 atom stereocenters. The summed E-state index contributed by atoms with van der Waals surface area (Å²) in [4.78, 5) is 22.0. The van der Waals surface area contributed by atoms with Crippen LogP contribution in [0.15, 0.2) is 47.4 Å². The number of carbonyl (C=O) groups excluding carboxylic acids is 1. The van der Waals surface area contributed by atoms with Crippen LogP contribution in [0, 0.1) is 16.0 Å². The van der Waals surface area contributed by atoms with Crippen LogP contribution < -0.4 is 14.8 Å². The van der Waals surface area contributed by atoms with Gasteiger partial charge in [-0.05, 0) is 30.3 Å². The van der Waals surface area contributed by atoms with Crippen LogP contribution in [-0.4, -0.2) is 37.5 Å². The van der Waals surface area contributed by atoms with Crippen molar-refractivity contribution in [3.63, 3.8) is 0 Å². The molecule has 0 aliphatic heterocycles. The molecular formula is C17H17N3O7S. The largest absolute Gasteiger partial charge is 0.506 e. The van der Waals surface area contributed by atoms with Gasteiger partial charge in [-0.1, -0.05) is 12.1 Å². The van der Waals surface area contributed by atoms with Crippen molar-refractivity contribution in [1.29, 1.82) is 0 Å². The molecule has 3 N–H and O–H groups in total. The number of nitro groups is 1. The Morgan fingerprint density at radius 2 is 1.96 bits per heavy atom. The highest BCUT2D eigenvalue weighted by Crippen LogP contribution is 2.36. The van der Waals surface area contributed by atoms with Crippen LogP contribution >= 0.6 is 0 Å². The summed E-state index contributed by atoms with van der Waals surface area (Å²) < 4.78 is 32.8. The minimum absolute atomic E-state index is 0.104. The molecular weight excluding hydrogens is 390 g/mol. The first-order chi connectivity index (χ1) is 13.2. The summed E-state index contributed by atoms with van der Waals surface area (Å²) in [5.41, 5.74) is 0.0670. The Morgan fingerprint density at radius 1 is 1.25 bits per heavy atom. The Labute approximate surface area is 160 Å². The van der Waals surface area contributed by atoms with Crippen molar-refractivity contribution in [2.24, 2.45) is 5.92 Å². The number of hydrogen-bond donors (Lipinski definition) is 3. The van der Waals surface area contributed by atoms with E-state index in [4.69, 9.17) is 4.74 Å². The normalized spacial score (nSPS) is 18.2. The molecule has 10 nitrogen and oxygen atoms in total. The lowest BCUT2D eigenvalue weighted by Gasteiger charge is -2.13. The second-order valence-corrected chi connectivity index (χ2v) is 7.85. The number of methoxy groups -OCH3 is 1. The molecule has 28 heavy (non-hydrogen) atoms. The standard InChI is InChI=1S/C17H17N3O7S/c1-27-16-5-3-2-4-12(16)19-28(25,26)10-6-7-15(21)13(8-10)18-17(22)11-9-14(11)20(23)24/h2-8,11,14,19,21H,9H2,1H3,(H,18,22)/t11-,14-/m0/s1.